The van der Waals surface area contributed by atoms with Crippen molar-refractivity contribution in [3.05, 3.63) is 29.8 Å². The van der Waals surface area contributed by atoms with E-state index >= 15 is 0 Å². The molecule has 0 bridgehead atoms. The summed E-state index contributed by atoms with van der Waals surface area (Å²) in [6, 6.07) is 8.73. The Morgan fingerprint density at radius 2 is 2.00 bits per heavy atom. The SMILES string of the molecule is CNC(CCN(C)C)Cc1ccccc1OC. The molecule has 0 amide bonds. The van der Waals surface area contributed by atoms with Crippen LogP contribution in [0.5, 0.6) is 5.75 Å². The zero-order valence-corrected chi connectivity index (χ0v) is 11.4. The second-order valence-electron chi connectivity index (χ2n) is 4.59. The third-order valence-corrected chi connectivity index (χ3v) is 2.99. The van der Waals surface area contributed by atoms with Gasteiger partial charge in [-0.05, 0) is 52.2 Å². The van der Waals surface area contributed by atoms with Gasteiger partial charge < -0.3 is 15.0 Å². The van der Waals surface area contributed by atoms with Gasteiger partial charge in [0.15, 0.2) is 0 Å². The summed E-state index contributed by atoms with van der Waals surface area (Å²) in [5, 5.41) is 3.37. The summed E-state index contributed by atoms with van der Waals surface area (Å²) in [4.78, 5) is 2.21. The third kappa shape index (κ3) is 4.75. The topological polar surface area (TPSA) is 24.5 Å². The number of para-hydroxylation sites is 1. The molecule has 0 spiro atoms. The van der Waals surface area contributed by atoms with Gasteiger partial charge in [0.05, 0.1) is 7.11 Å². The Morgan fingerprint density at radius 1 is 1.29 bits per heavy atom. The average Bonchev–Trinajstić information content (AvgIpc) is 2.34. The van der Waals surface area contributed by atoms with Crippen LogP contribution >= 0.6 is 0 Å². The predicted molar refractivity (Wildman–Crippen MR) is 72.7 cm³/mol. The van der Waals surface area contributed by atoms with Crippen molar-refractivity contribution in [1.29, 1.82) is 0 Å². The first kappa shape index (κ1) is 14.0. The van der Waals surface area contributed by atoms with Gasteiger partial charge in [-0.25, -0.2) is 0 Å². The van der Waals surface area contributed by atoms with Gasteiger partial charge in [-0.2, -0.15) is 0 Å². The average molecular weight is 236 g/mol. The quantitative estimate of drug-likeness (QED) is 0.781. The zero-order chi connectivity index (χ0) is 12.7. The maximum atomic E-state index is 5.38. The lowest BCUT2D eigenvalue weighted by Gasteiger charge is -2.19. The minimum absolute atomic E-state index is 0.494. The zero-order valence-electron chi connectivity index (χ0n) is 11.4. The van der Waals surface area contributed by atoms with Crippen LogP contribution in [0.4, 0.5) is 0 Å². The number of nitrogens with zero attached hydrogens (tertiary/aromatic N) is 1. The molecular weight excluding hydrogens is 212 g/mol. The van der Waals surface area contributed by atoms with Crippen LogP contribution < -0.4 is 10.1 Å². The summed E-state index contributed by atoms with van der Waals surface area (Å²) in [7, 11) is 7.97. The van der Waals surface area contributed by atoms with Crippen molar-refractivity contribution >= 4 is 0 Å². The highest BCUT2D eigenvalue weighted by Crippen LogP contribution is 2.19. The molecule has 0 radical (unpaired) electrons. The van der Waals surface area contributed by atoms with Crippen LogP contribution in [0.3, 0.4) is 0 Å². The summed E-state index contributed by atoms with van der Waals surface area (Å²) < 4.78 is 5.38. The fourth-order valence-corrected chi connectivity index (χ4v) is 1.90. The maximum absolute atomic E-state index is 5.38. The molecule has 0 aliphatic rings. The van der Waals surface area contributed by atoms with Crippen molar-refractivity contribution in [3.8, 4) is 5.75 Å². The number of likely N-dealkylation sites (N-methyl/N-ethyl adjacent to an activating group) is 1. The molecule has 0 fully saturated rings. The molecule has 0 heterocycles. The molecule has 1 rings (SSSR count). The van der Waals surface area contributed by atoms with Crippen LogP contribution in [0.15, 0.2) is 24.3 Å². The summed E-state index contributed by atoms with van der Waals surface area (Å²) in [6.07, 6.45) is 2.15. The standard InChI is InChI=1S/C14H24N2O/c1-15-13(9-10-16(2)3)11-12-7-5-6-8-14(12)17-4/h5-8,13,15H,9-11H2,1-4H3. The maximum Gasteiger partial charge on any atom is 0.122 e. The Hall–Kier alpha value is -1.06. The van der Waals surface area contributed by atoms with Crippen molar-refractivity contribution < 1.29 is 4.74 Å². The van der Waals surface area contributed by atoms with E-state index in [9.17, 15) is 0 Å². The highest BCUT2D eigenvalue weighted by Gasteiger charge is 2.10. The number of rotatable bonds is 7. The summed E-state index contributed by atoms with van der Waals surface area (Å²) in [5.41, 5.74) is 1.27. The number of hydrogen-bond acceptors (Lipinski definition) is 3. The van der Waals surface area contributed by atoms with Crippen molar-refractivity contribution in [3.63, 3.8) is 0 Å². The monoisotopic (exact) mass is 236 g/mol. The van der Waals surface area contributed by atoms with Gasteiger partial charge in [-0.15, -0.1) is 0 Å². The van der Waals surface area contributed by atoms with Crippen LogP contribution in [0, 0.1) is 0 Å². The molecule has 3 nitrogen and oxygen atoms in total. The molecule has 96 valence electrons. The second kappa shape index (κ2) is 7.30. The number of benzene rings is 1. The molecule has 3 heteroatoms. The first-order valence-corrected chi connectivity index (χ1v) is 6.11. The van der Waals surface area contributed by atoms with Gasteiger partial charge in [0, 0.05) is 6.04 Å². The van der Waals surface area contributed by atoms with Crippen molar-refractivity contribution in [1.82, 2.24) is 10.2 Å². The van der Waals surface area contributed by atoms with E-state index in [2.05, 4.69) is 36.4 Å². The molecule has 1 aromatic rings. The molecule has 1 aromatic carbocycles. The van der Waals surface area contributed by atoms with E-state index in [1.165, 1.54) is 5.56 Å². The highest BCUT2D eigenvalue weighted by molar-refractivity contribution is 5.33. The molecule has 0 saturated heterocycles. The minimum atomic E-state index is 0.494. The Balaban J connectivity index is 2.60. The smallest absolute Gasteiger partial charge is 0.122 e. The van der Waals surface area contributed by atoms with E-state index in [1.54, 1.807) is 7.11 Å². The molecule has 0 aliphatic carbocycles. The summed E-state index contributed by atoms with van der Waals surface area (Å²) >= 11 is 0. The van der Waals surface area contributed by atoms with E-state index in [1.807, 2.05) is 19.2 Å². The van der Waals surface area contributed by atoms with Crippen LogP contribution in [0.1, 0.15) is 12.0 Å². The normalized spacial score (nSPS) is 12.8. The van der Waals surface area contributed by atoms with Crippen LogP contribution in [-0.2, 0) is 6.42 Å². The lowest BCUT2D eigenvalue weighted by Crippen LogP contribution is -2.31. The molecule has 0 aliphatic heterocycles. The van der Waals surface area contributed by atoms with Crippen LogP contribution in [0.2, 0.25) is 0 Å². The number of methoxy groups -OCH3 is 1. The van der Waals surface area contributed by atoms with Gasteiger partial charge in [-0.1, -0.05) is 18.2 Å². The molecular formula is C14H24N2O. The molecule has 0 aromatic heterocycles. The van der Waals surface area contributed by atoms with Gasteiger partial charge in [-0.3, -0.25) is 0 Å². The second-order valence-corrected chi connectivity index (χ2v) is 4.59. The Labute approximate surface area is 105 Å². The largest absolute Gasteiger partial charge is 0.496 e. The Kier molecular flexibility index (Phi) is 6.01. The van der Waals surface area contributed by atoms with Crippen LogP contribution in [-0.4, -0.2) is 45.7 Å². The molecule has 0 saturated carbocycles. The molecule has 1 atom stereocenters. The summed E-state index contributed by atoms with van der Waals surface area (Å²) in [5.74, 6) is 0.984. The fourth-order valence-electron chi connectivity index (χ4n) is 1.90. The predicted octanol–water partition coefficient (Wildman–Crippen LogP) is 1.78. The Bertz CT molecular complexity index is 326. The minimum Gasteiger partial charge on any atom is -0.496 e. The lowest BCUT2D eigenvalue weighted by molar-refractivity contribution is 0.360. The molecule has 17 heavy (non-hydrogen) atoms. The molecule has 1 N–H and O–H groups in total. The van der Waals surface area contributed by atoms with Crippen LogP contribution in [0.25, 0.3) is 0 Å². The van der Waals surface area contributed by atoms with Crippen molar-refractivity contribution in [2.75, 3.05) is 34.8 Å². The van der Waals surface area contributed by atoms with Gasteiger partial charge in [0.1, 0.15) is 5.75 Å². The number of hydrogen-bond donors (Lipinski definition) is 1. The lowest BCUT2D eigenvalue weighted by atomic mass is 10.0. The van der Waals surface area contributed by atoms with E-state index in [0.717, 1.165) is 25.1 Å². The van der Waals surface area contributed by atoms with E-state index in [-0.39, 0.29) is 0 Å². The third-order valence-electron chi connectivity index (χ3n) is 2.99. The Morgan fingerprint density at radius 3 is 2.59 bits per heavy atom. The van der Waals surface area contributed by atoms with Crippen molar-refractivity contribution in [2.45, 2.75) is 18.9 Å². The van der Waals surface area contributed by atoms with E-state index < -0.39 is 0 Å². The number of nitrogens with one attached hydrogen (secondary N) is 1. The van der Waals surface area contributed by atoms with Gasteiger partial charge in [0.2, 0.25) is 0 Å². The van der Waals surface area contributed by atoms with E-state index in [0.29, 0.717) is 6.04 Å². The van der Waals surface area contributed by atoms with Gasteiger partial charge >= 0.3 is 0 Å². The van der Waals surface area contributed by atoms with Gasteiger partial charge in [0.25, 0.3) is 0 Å². The summed E-state index contributed by atoms with van der Waals surface area (Å²) in [6.45, 7) is 1.10. The first-order valence-electron chi connectivity index (χ1n) is 6.11. The van der Waals surface area contributed by atoms with E-state index in [4.69, 9.17) is 4.74 Å². The fraction of sp³-hybridized carbons (Fsp3) is 0.571. The molecule has 1 unspecified atom stereocenters. The number of ether oxygens (including phenoxy) is 1. The highest BCUT2D eigenvalue weighted by atomic mass is 16.5. The van der Waals surface area contributed by atoms with Crippen molar-refractivity contribution in [2.24, 2.45) is 0 Å². The first-order chi connectivity index (χ1) is 8.17.